The highest BCUT2D eigenvalue weighted by molar-refractivity contribution is 6.34. The zero-order chi connectivity index (χ0) is 18.8. The second-order valence-electron chi connectivity index (χ2n) is 6.01. The molecule has 4 rings (SSSR count). The van der Waals surface area contributed by atoms with E-state index < -0.39 is 0 Å². The monoisotopic (exact) mass is 392 g/mol. The molecule has 0 atom stereocenters. The fourth-order valence-electron chi connectivity index (χ4n) is 2.91. The third kappa shape index (κ3) is 3.65. The minimum Gasteiger partial charge on any atom is -0.268 e. The first-order chi connectivity index (χ1) is 13.1. The van der Waals surface area contributed by atoms with Crippen LogP contribution in [0, 0.1) is 0 Å². The van der Waals surface area contributed by atoms with Crippen molar-refractivity contribution < 1.29 is 0 Å². The highest BCUT2D eigenvalue weighted by Crippen LogP contribution is 2.22. The zero-order valence-corrected chi connectivity index (χ0v) is 15.7. The van der Waals surface area contributed by atoms with Gasteiger partial charge in [-0.25, -0.2) is 4.98 Å². The summed E-state index contributed by atoms with van der Waals surface area (Å²) in [7, 11) is 0. The number of rotatable bonds is 3. The van der Waals surface area contributed by atoms with Crippen LogP contribution in [0.2, 0.25) is 10.0 Å². The lowest BCUT2D eigenvalue weighted by molar-refractivity contribution is 1.04. The Morgan fingerprint density at radius 3 is 2.26 bits per heavy atom. The summed E-state index contributed by atoms with van der Waals surface area (Å²) in [6, 6.07) is 22.2. The molecule has 132 valence electrons. The summed E-state index contributed by atoms with van der Waals surface area (Å²) in [5.74, 6) is 0.573. The lowest BCUT2D eigenvalue weighted by atomic mass is 10.1. The van der Waals surface area contributed by atoms with Crippen molar-refractivity contribution in [1.29, 1.82) is 0 Å². The van der Waals surface area contributed by atoms with Gasteiger partial charge in [-0.1, -0.05) is 65.7 Å². The quantitative estimate of drug-likeness (QED) is 0.428. The fraction of sp³-hybridized carbons (Fsp3) is 0. The first-order valence-electron chi connectivity index (χ1n) is 8.33. The summed E-state index contributed by atoms with van der Waals surface area (Å²) in [5, 5.41) is 1.63. The molecule has 1 aromatic heterocycles. The van der Waals surface area contributed by atoms with Crippen LogP contribution in [0.25, 0.3) is 34.6 Å². The molecule has 0 N–H and O–H groups in total. The minimum absolute atomic E-state index is 0.135. The van der Waals surface area contributed by atoms with E-state index in [9.17, 15) is 4.79 Å². The minimum atomic E-state index is -0.135. The van der Waals surface area contributed by atoms with E-state index in [1.165, 1.54) is 0 Å². The van der Waals surface area contributed by atoms with Crippen LogP contribution in [-0.4, -0.2) is 9.55 Å². The molecule has 0 saturated heterocycles. The molecule has 3 aromatic carbocycles. The third-order valence-corrected chi connectivity index (χ3v) is 4.58. The van der Waals surface area contributed by atoms with Crippen LogP contribution < -0.4 is 5.56 Å². The number of benzene rings is 3. The number of hydrogen-bond donors (Lipinski definition) is 0. The molecule has 0 bridgehead atoms. The molecule has 0 aliphatic rings. The van der Waals surface area contributed by atoms with Gasteiger partial charge in [-0.2, -0.15) is 0 Å². The standard InChI is InChI=1S/C22H14Cl2N2O/c23-17-12-15(13-18(24)14-17)10-11-26-21(16-6-2-1-3-7-16)25-20-9-5-4-8-19(20)22(26)27/h1-14H/b11-10+. The first kappa shape index (κ1) is 17.5. The van der Waals surface area contributed by atoms with E-state index in [4.69, 9.17) is 28.2 Å². The molecule has 0 amide bonds. The van der Waals surface area contributed by atoms with Crippen molar-refractivity contribution in [3.05, 3.63) is 98.8 Å². The van der Waals surface area contributed by atoms with Crippen LogP contribution in [0.4, 0.5) is 0 Å². The molecule has 0 aliphatic carbocycles. The van der Waals surface area contributed by atoms with Gasteiger partial charge < -0.3 is 0 Å². The Hall–Kier alpha value is -2.88. The largest absolute Gasteiger partial charge is 0.268 e. The van der Waals surface area contributed by atoms with E-state index in [0.29, 0.717) is 26.8 Å². The van der Waals surface area contributed by atoms with Crippen LogP contribution in [0.15, 0.2) is 77.6 Å². The Bertz CT molecular complexity index is 1190. The number of nitrogens with zero attached hydrogens (tertiary/aromatic N) is 2. The van der Waals surface area contributed by atoms with Crippen molar-refractivity contribution in [2.24, 2.45) is 0 Å². The van der Waals surface area contributed by atoms with E-state index in [1.807, 2.05) is 48.5 Å². The number of aromatic nitrogens is 2. The Kier molecular flexibility index (Phi) is 4.80. The molecule has 3 nitrogen and oxygen atoms in total. The molecule has 27 heavy (non-hydrogen) atoms. The second-order valence-corrected chi connectivity index (χ2v) is 6.89. The Morgan fingerprint density at radius 2 is 1.52 bits per heavy atom. The van der Waals surface area contributed by atoms with Crippen molar-refractivity contribution >= 4 is 46.4 Å². The zero-order valence-electron chi connectivity index (χ0n) is 14.1. The highest BCUT2D eigenvalue weighted by atomic mass is 35.5. The van der Waals surface area contributed by atoms with E-state index in [0.717, 1.165) is 11.1 Å². The molecule has 1 heterocycles. The van der Waals surface area contributed by atoms with Crippen LogP contribution in [0.3, 0.4) is 0 Å². The molecule has 0 saturated carbocycles. The van der Waals surface area contributed by atoms with E-state index in [1.54, 1.807) is 41.1 Å². The van der Waals surface area contributed by atoms with Crippen LogP contribution in [-0.2, 0) is 0 Å². The van der Waals surface area contributed by atoms with Gasteiger partial charge in [-0.05, 0) is 42.0 Å². The summed E-state index contributed by atoms with van der Waals surface area (Å²) in [4.78, 5) is 17.8. The number of halogens is 2. The summed E-state index contributed by atoms with van der Waals surface area (Å²) in [5.41, 5.74) is 2.18. The van der Waals surface area contributed by atoms with Gasteiger partial charge in [-0.3, -0.25) is 9.36 Å². The molecule has 5 heteroatoms. The lowest BCUT2D eigenvalue weighted by Crippen LogP contribution is -2.19. The van der Waals surface area contributed by atoms with Gasteiger partial charge in [-0.15, -0.1) is 0 Å². The van der Waals surface area contributed by atoms with Gasteiger partial charge in [0.05, 0.1) is 10.9 Å². The predicted molar refractivity (Wildman–Crippen MR) is 113 cm³/mol. The van der Waals surface area contributed by atoms with Gasteiger partial charge >= 0.3 is 0 Å². The van der Waals surface area contributed by atoms with E-state index in [-0.39, 0.29) is 5.56 Å². The molecule has 0 radical (unpaired) electrons. The topological polar surface area (TPSA) is 34.9 Å². The maximum Gasteiger partial charge on any atom is 0.265 e. The molecule has 0 unspecified atom stereocenters. The fourth-order valence-corrected chi connectivity index (χ4v) is 3.45. The SMILES string of the molecule is O=c1c2ccccc2nc(-c2ccccc2)n1/C=C/c1cc(Cl)cc(Cl)c1. The molecular formula is C22H14Cl2N2O. The normalized spacial score (nSPS) is 11.3. The smallest absolute Gasteiger partial charge is 0.265 e. The Morgan fingerprint density at radius 1 is 0.852 bits per heavy atom. The molecule has 0 spiro atoms. The average molecular weight is 393 g/mol. The summed E-state index contributed by atoms with van der Waals surface area (Å²) >= 11 is 12.1. The van der Waals surface area contributed by atoms with Gasteiger partial charge in [0.2, 0.25) is 0 Å². The first-order valence-corrected chi connectivity index (χ1v) is 9.08. The van der Waals surface area contributed by atoms with Gasteiger partial charge in [0.15, 0.2) is 0 Å². The van der Waals surface area contributed by atoms with Gasteiger partial charge in [0.25, 0.3) is 5.56 Å². The van der Waals surface area contributed by atoms with Gasteiger partial charge in [0, 0.05) is 21.8 Å². The van der Waals surface area contributed by atoms with Gasteiger partial charge in [0.1, 0.15) is 5.82 Å². The van der Waals surface area contributed by atoms with Crippen molar-refractivity contribution in [3.8, 4) is 11.4 Å². The number of para-hydroxylation sites is 1. The van der Waals surface area contributed by atoms with E-state index in [2.05, 4.69) is 0 Å². The Balaban J connectivity index is 1.94. The van der Waals surface area contributed by atoms with Crippen LogP contribution in [0.1, 0.15) is 5.56 Å². The van der Waals surface area contributed by atoms with Crippen LogP contribution in [0.5, 0.6) is 0 Å². The Labute approximate surface area is 166 Å². The van der Waals surface area contributed by atoms with E-state index >= 15 is 0 Å². The average Bonchev–Trinajstić information content (AvgIpc) is 2.67. The maximum absolute atomic E-state index is 13.1. The molecule has 4 aromatic rings. The maximum atomic E-state index is 13.1. The summed E-state index contributed by atoms with van der Waals surface area (Å²) in [6.45, 7) is 0. The second kappa shape index (κ2) is 7.39. The van der Waals surface area contributed by atoms with Crippen molar-refractivity contribution in [3.63, 3.8) is 0 Å². The molecular weight excluding hydrogens is 379 g/mol. The highest BCUT2D eigenvalue weighted by Gasteiger charge is 2.10. The van der Waals surface area contributed by atoms with Crippen molar-refractivity contribution in [1.82, 2.24) is 9.55 Å². The summed E-state index contributed by atoms with van der Waals surface area (Å²) < 4.78 is 1.55. The molecule has 0 aliphatic heterocycles. The van der Waals surface area contributed by atoms with Crippen molar-refractivity contribution in [2.75, 3.05) is 0 Å². The lowest BCUT2D eigenvalue weighted by Gasteiger charge is -2.10. The summed E-state index contributed by atoms with van der Waals surface area (Å²) in [6.07, 6.45) is 3.49. The van der Waals surface area contributed by atoms with Crippen molar-refractivity contribution in [2.45, 2.75) is 0 Å². The van der Waals surface area contributed by atoms with Crippen LogP contribution >= 0.6 is 23.2 Å². The molecule has 0 fully saturated rings. The number of hydrogen-bond acceptors (Lipinski definition) is 2. The third-order valence-electron chi connectivity index (χ3n) is 4.14. The number of fused-ring (bicyclic) bond motifs is 1. The predicted octanol–water partition coefficient (Wildman–Crippen LogP) is 6.00.